The first kappa shape index (κ1) is 10.0. The van der Waals surface area contributed by atoms with Crippen molar-refractivity contribution in [2.24, 2.45) is 0 Å². The van der Waals surface area contributed by atoms with Gasteiger partial charge in [0.15, 0.2) is 11.6 Å². The van der Waals surface area contributed by atoms with Gasteiger partial charge in [-0.05, 0) is 12.8 Å². The van der Waals surface area contributed by atoms with Gasteiger partial charge in [-0.25, -0.2) is 0 Å². The standard InChI is InChI=1S/C8H12O3/c1-7(10)8(11)5-3-2-4-6-9/h6H,2-5H2,1H3. The van der Waals surface area contributed by atoms with Crippen LogP contribution in [0.15, 0.2) is 0 Å². The Morgan fingerprint density at radius 1 is 1.27 bits per heavy atom. The van der Waals surface area contributed by atoms with Gasteiger partial charge in [-0.2, -0.15) is 0 Å². The minimum atomic E-state index is -0.392. The van der Waals surface area contributed by atoms with Gasteiger partial charge in [-0.1, -0.05) is 0 Å². The number of hydrogen-bond donors (Lipinski definition) is 0. The molecule has 0 aromatic rings. The molecule has 0 spiro atoms. The first-order valence-corrected chi connectivity index (χ1v) is 3.66. The van der Waals surface area contributed by atoms with E-state index in [4.69, 9.17) is 0 Å². The van der Waals surface area contributed by atoms with Crippen LogP contribution < -0.4 is 0 Å². The molecular formula is C8H12O3. The largest absolute Gasteiger partial charge is 0.303 e. The van der Waals surface area contributed by atoms with E-state index >= 15 is 0 Å². The van der Waals surface area contributed by atoms with Crippen LogP contribution in [0.4, 0.5) is 0 Å². The van der Waals surface area contributed by atoms with Crippen LogP contribution in [0.3, 0.4) is 0 Å². The number of ketones is 2. The fourth-order valence-electron chi connectivity index (χ4n) is 0.689. The monoisotopic (exact) mass is 156 g/mol. The number of rotatable bonds is 6. The fraction of sp³-hybridized carbons (Fsp3) is 0.625. The maximum atomic E-state index is 10.7. The van der Waals surface area contributed by atoms with E-state index in [2.05, 4.69) is 0 Å². The Labute approximate surface area is 65.8 Å². The number of hydrogen-bond acceptors (Lipinski definition) is 3. The van der Waals surface area contributed by atoms with E-state index in [9.17, 15) is 14.4 Å². The predicted molar refractivity (Wildman–Crippen MR) is 40.2 cm³/mol. The number of unbranched alkanes of at least 4 members (excludes halogenated alkanes) is 2. The average molecular weight is 156 g/mol. The van der Waals surface area contributed by atoms with Crippen LogP contribution in [0.5, 0.6) is 0 Å². The summed E-state index contributed by atoms with van der Waals surface area (Å²) in [7, 11) is 0. The molecule has 0 heterocycles. The molecule has 0 rings (SSSR count). The van der Waals surface area contributed by atoms with Crippen molar-refractivity contribution in [2.45, 2.75) is 32.6 Å². The van der Waals surface area contributed by atoms with Crippen LogP contribution in [0.2, 0.25) is 0 Å². The number of carbonyl (C=O) groups excluding carboxylic acids is 3. The molecule has 0 aliphatic rings. The zero-order valence-electron chi connectivity index (χ0n) is 6.63. The predicted octanol–water partition coefficient (Wildman–Crippen LogP) is 0.904. The molecule has 0 amide bonds. The van der Waals surface area contributed by atoms with Crippen molar-refractivity contribution in [1.29, 1.82) is 0 Å². The van der Waals surface area contributed by atoms with Crippen LogP contribution >= 0.6 is 0 Å². The van der Waals surface area contributed by atoms with E-state index in [1.807, 2.05) is 0 Å². The van der Waals surface area contributed by atoms with E-state index in [-0.39, 0.29) is 12.2 Å². The molecule has 0 bridgehead atoms. The Balaban J connectivity index is 3.31. The van der Waals surface area contributed by atoms with E-state index in [1.165, 1.54) is 6.92 Å². The summed E-state index contributed by atoms with van der Waals surface area (Å²) in [5.74, 6) is -0.730. The van der Waals surface area contributed by atoms with Crippen molar-refractivity contribution >= 4 is 17.9 Å². The minimum Gasteiger partial charge on any atom is -0.303 e. The topological polar surface area (TPSA) is 51.2 Å². The van der Waals surface area contributed by atoms with Crippen LogP contribution in [0, 0.1) is 0 Å². The third kappa shape index (κ3) is 5.45. The molecule has 0 saturated heterocycles. The summed E-state index contributed by atoms with van der Waals surface area (Å²) in [6.45, 7) is 1.27. The van der Waals surface area contributed by atoms with Gasteiger partial charge in [-0.3, -0.25) is 9.59 Å². The maximum Gasteiger partial charge on any atom is 0.198 e. The van der Waals surface area contributed by atoms with E-state index in [0.717, 1.165) is 6.29 Å². The van der Waals surface area contributed by atoms with Crippen LogP contribution in [0.25, 0.3) is 0 Å². The molecule has 11 heavy (non-hydrogen) atoms. The zero-order chi connectivity index (χ0) is 8.69. The molecular weight excluding hydrogens is 144 g/mol. The summed E-state index contributed by atoms with van der Waals surface area (Å²) in [5, 5.41) is 0. The third-order valence-corrected chi connectivity index (χ3v) is 1.37. The second-order valence-corrected chi connectivity index (χ2v) is 2.39. The highest BCUT2D eigenvalue weighted by Crippen LogP contribution is 1.98. The summed E-state index contributed by atoms with van der Waals surface area (Å²) in [4.78, 5) is 30.9. The lowest BCUT2D eigenvalue weighted by Crippen LogP contribution is -2.08. The molecule has 0 aliphatic carbocycles. The molecule has 0 fully saturated rings. The van der Waals surface area contributed by atoms with E-state index < -0.39 is 5.78 Å². The molecule has 62 valence electrons. The average Bonchev–Trinajstić information content (AvgIpc) is 1.97. The van der Waals surface area contributed by atoms with Gasteiger partial charge in [-0.15, -0.1) is 0 Å². The Kier molecular flexibility index (Phi) is 5.25. The van der Waals surface area contributed by atoms with Gasteiger partial charge in [0.25, 0.3) is 0 Å². The molecule has 0 aromatic carbocycles. The first-order chi connectivity index (χ1) is 5.18. The van der Waals surface area contributed by atoms with Crippen molar-refractivity contribution < 1.29 is 14.4 Å². The van der Waals surface area contributed by atoms with Gasteiger partial charge >= 0.3 is 0 Å². The summed E-state index contributed by atoms with van der Waals surface area (Å²) in [6, 6.07) is 0. The highest BCUT2D eigenvalue weighted by molar-refractivity contribution is 6.36. The molecule has 0 saturated carbocycles. The Hall–Kier alpha value is -0.990. The SMILES string of the molecule is CC(=O)C(=O)CCCCC=O. The molecule has 3 heteroatoms. The summed E-state index contributed by atoms with van der Waals surface area (Å²) < 4.78 is 0. The number of Topliss-reactive ketones (excluding diaryl/α,β-unsaturated/α-hetero) is 2. The third-order valence-electron chi connectivity index (χ3n) is 1.37. The van der Waals surface area contributed by atoms with Gasteiger partial charge in [0.2, 0.25) is 0 Å². The lowest BCUT2D eigenvalue weighted by atomic mass is 10.1. The Bertz CT molecular complexity index is 161. The zero-order valence-corrected chi connectivity index (χ0v) is 6.63. The van der Waals surface area contributed by atoms with Crippen molar-refractivity contribution in [3.63, 3.8) is 0 Å². The molecule has 0 atom stereocenters. The smallest absolute Gasteiger partial charge is 0.198 e. The Morgan fingerprint density at radius 3 is 2.36 bits per heavy atom. The summed E-state index contributed by atoms with van der Waals surface area (Å²) in [6.07, 6.45) is 2.91. The first-order valence-electron chi connectivity index (χ1n) is 3.66. The molecule has 0 unspecified atom stereocenters. The second-order valence-electron chi connectivity index (χ2n) is 2.39. The Morgan fingerprint density at radius 2 is 1.91 bits per heavy atom. The molecule has 0 N–H and O–H groups in total. The normalized spacial score (nSPS) is 9.18. The van der Waals surface area contributed by atoms with Crippen molar-refractivity contribution in [2.75, 3.05) is 0 Å². The van der Waals surface area contributed by atoms with Gasteiger partial charge in [0.05, 0.1) is 0 Å². The fourth-order valence-corrected chi connectivity index (χ4v) is 0.689. The van der Waals surface area contributed by atoms with Gasteiger partial charge < -0.3 is 4.79 Å². The summed E-state index contributed by atoms with van der Waals surface area (Å²) >= 11 is 0. The van der Waals surface area contributed by atoms with E-state index in [0.29, 0.717) is 19.3 Å². The van der Waals surface area contributed by atoms with Crippen molar-refractivity contribution in [3.8, 4) is 0 Å². The molecule has 0 aliphatic heterocycles. The lowest BCUT2D eigenvalue weighted by molar-refractivity contribution is -0.135. The minimum absolute atomic E-state index is 0.281. The van der Waals surface area contributed by atoms with Gasteiger partial charge in [0.1, 0.15) is 6.29 Å². The number of carbonyl (C=O) groups is 3. The quantitative estimate of drug-likeness (QED) is 0.326. The van der Waals surface area contributed by atoms with Crippen LogP contribution in [-0.4, -0.2) is 17.9 Å². The van der Waals surface area contributed by atoms with E-state index in [1.54, 1.807) is 0 Å². The number of aldehydes is 1. The van der Waals surface area contributed by atoms with Gasteiger partial charge in [0, 0.05) is 19.8 Å². The second kappa shape index (κ2) is 5.77. The highest BCUT2D eigenvalue weighted by atomic mass is 16.2. The highest BCUT2D eigenvalue weighted by Gasteiger charge is 2.05. The molecule has 0 radical (unpaired) electrons. The molecule has 3 nitrogen and oxygen atoms in total. The summed E-state index contributed by atoms with van der Waals surface area (Å²) in [5.41, 5.74) is 0. The maximum absolute atomic E-state index is 10.7. The van der Waals surface area contributed by atoms with Crippen LogP contribution in [0.1, 0.15) is 32.6 Å². The molecule has 0 aromatic heterocycles. The van der Waals surface area contributed by atoms with Crippen LogP contribution in [-0.2, 0) is 14.4 Å². The lowest BCUT2D eigenvalue weighted by Gasteiger charge is -1.93. The van der Waals surface area contributed by atoms with Crippen molar-refractivity contribution in [1.82, 2.24) is 0 Å². The van der Waals surface area contributed by atoms with Crippen molar-refractivity contribution in [3.05, 3.63) is 0 Å².